The second-order valence-electron chi connectivity index (χ2n) is 4.77. The highest BCUT2D eigenvalue weighted by atomic mass is 16.7. The van der Waals surface area contributed by atoms with Crippen LogP contribution in [0.1, 0.15) is 5.56 Å². The summed E-state index contributed by atoms with van der Waals surface area (Å²) in [5, 5.41) is 59.3. The second-order valence-corrected chi connectivity index (χ2v) is 4.77. The van der Waals surface area contributed by atoms with Crippen LogP contribution in [0.3, 0.4) is 0 Å². The monoisotopic (exact) mass is 301 g/mol. The molecule has 0 aromatic heterocycles. The van der Waals surface area contributed by atoms with Crippen LogP contribution in [0.25, 0.3) is 0 Å². The molecule has 0 bridgehead atoms. The van der Waals surface area contributed by atoms with Crippen molar-refractivity contribution >= 4 is 5.69 Å². The first kappa shape index (κ1) is 15.8. The molecule has 1 aliphatic rings. The van der Waals surface area contributed by atoms with Gasteiger partial charge < -0.3 is 30.3 Å². The number of aliphatic hydroxyl groups is 5. The lowest BCUT2D eigenvalue weighted by Gasteiger charge is -2.45. The Morgan fingerprint density at radius 1 is 1.19 bits per heavy atom. The summed E-state index contributed by atoms with van der Waals surface area (Å²) in [4.78, 5) is 9.94. The van der Waals surface area contributed by atoms with Gasteiger partial charge in [-0.25, -0.2) is 0 Å². The normalized spacial score (nSPS) is 36.4. The third-order valence-electron chi connectivity index (χ3n) is 3.46. The van der Waals surface area contributed by atoms with Crippen LogP contribution in [0.15, 0.2) is 24.3 Å². The Morgan fingerprint density at radius 3 is 2.24 bits per heavy atom. The summed E-state index contributed by atoms with van der Waals surface area (Å²) < 4.78 is 5.08. The molecule has 0 spiro atoms. The lowest BCUT2D eigenvalue weighted by molar-refractivity contribution is -0.385. The Hall–Kier alpha value is -1.62. The van der Waals surface area contributed by atoms with Crippen LogP contribution in [-0.2, 0) is 10.5 Å². The summed E-state index contributed by atoms with van der Waals surface area (Å²) in [5.74, 6) is -2.40. The Kier molecular flexibility index (Phi) is 4.23. The molecule has 116 valence electrons. The fourth-order valence-electron chi connectivity index (χ4n) is 2.21. The minimum Gasteiger partial charge on any atom is -0.394 e. The van der Waals surface area contributed by atoms with Crippen molar-refractivity contribution in [2.24, 2.45) is 0 Å². The van der Waals surface area contributed by atoms with Gasteiger partial charge in [-0.15, -0.1) is 0 Å². The van der Waals surface area contributed by atoms with E-state index in [1.807, 2.05) is 0 Å². The van der Waals surface area contributed by atoms with E-state index in [9.17, 15) is 30.5 Å². The van der Waals surface area contributed by atoms with E-state index < -0.39 is 41.7 Å². The first-order valence-corrected chi connectivity index (χ1v) is 6.11. The molecule has 1 aromatic carbocycles. The first-order valence-electron chi connectivity index (χ1n) is 6.11. The molecule has 21 heavy (non-hydrogen) atoms. The molecule has 0 unspecified atom stereocenters. The molecule has 2 rings (SSSR count). The maximum atomic E-state index is 10.6. The number of rotatable bonds is 3. The fourth-order valence-corrected chi connectivity index (χ4v) is 2.21. The molecule has 9 heteroatoms. The van der Waals surface area contributed by atoms with Gasteiger partial charge in [-0.3, -0.25) is 10.1 Å². The summed E-state index contributed by atoms with van der Waals surface area (Å²) >= 11 is 0. The zero-order valence-electron chi connectivity index (χ0n) is 10.7. The van der Waals surface area contributed by atoms with Gasteiger partial charge in [0.25, 0.3) is 5.69 Å². The van der Waals surface area contributed by atoms with E-state index >= 15 is 0 Å². The van der Waals surface area contributed by atoms with E-state index in [2.05, 4.69) is 0 Å². The summed E-state index contributed by atoms with van der Waals surface area (Å²) in [5.41, 5.74) is -0.281. The van der Waals surface area contributed by atoms with Crippen LogP contribution in [0.2, 0.25) is 0 Å². The SMILES string of the molecule is O=[N+]([O-])c1ccc([C@]2(O)O[C@H](CO)[C@H](O)[C@H](O)[C@H]2O)cc1. The van der Waals surface area contributed by atoms with Crippen LogP contribution in [0.4, 0.5) is 5.69 Å². The zero-order valence-corrected chi connectivity index (χ0v) is 10.7. The van der Waals surface area contributed by atoms with E-state index in [0.29, 0.717) is 0 Å². The highest BCUT2D eigenvalue weighted by Gasteiger charge is 2.53. The summed E-state index contributed by atoms with van der Waals surface area (Å²) in [6.07, 6.45) is -6.54. The van der Waals surface area contributed by atoms with Gasteiger partial charge in [-0.1, -0.05) is 0 Å². The number of aliphatic hydroxyl groups excluding tert-OH is 4. The van der Waals surface area contributed by atoms with Crippen molar-refractivity contribution in [2.45, 2.75) is 30.2 Å². The summed E-state index contributed by atoms with van der Waals surface area (Å²) in [7, 11) is 0. The molecule has 1 aliphatic heterocycles. The zero-order chi connectivity index (χ0) is 15.8. The molecule has 1 saturated heterocycles. The number of nitrogens with zero attached hydrogens (tertiary/aromatic N) is 1. The molecule has 1 heterocycles. The smallest absolute Gasteiger partial charge is 0.269 e. The molecule has 5 atom stereocenters. The molecule has 1 aromatic rings. The van der Waals surface area contributed by atoms with Crippen molar-refractivity contribution in [1.82, 2.24) is 0 Å². The predicted octanol–water partition coefficient (Wildman–Crippen LogP) is -1.79. The van der Waals surface area contributed by atoms with E-state index in [1.165, 1.54) is 0 Å². The Labute approximate surface area is 118 Å². The van der Waals surface area contributed by atoms with Gasteiger partial charge in [0.05, 0.1) is 11.5 Å². The fraction of sp³-hybridized carbons (Fsp3) is 0.500. The standard InChI is InChI=1S/C12H15NO8/c14-5-8-9(15)10(16)11(17)12(18,21-8)6-1-3-7(4-2-6)13(19)20/h1-4,8-11,14-18H,5H2/t8-,9+,10+,11-,12+/m1/s1. The minimum atomic E-state index is -2.40. The lowest BCUT2D eigenvalue weighted by atomic mass is 9.88. The highest BCUT2D eigenvalue weighted by Crippen LogP contribution is 2.36. The van der Waals surface area contributed by atoms with Gasteiger partial charge in [0.15, 0.2) is 0 Å². The van der Waals surface area contributed by atoms with E-state index in [4.69, 9.17) is 9.84 Å². The van der Waals surface area contributed by atoms with Gasteiger partial charge in [-0.2, -0.15) is 0 Å². The largest absolute Gasteiger partial charge is 0.394 e. The Balaban J connectivity index is 2.37. The van der Waals surface area contributed by atoms with Gasteiger partial charge in [-0.05, 0) is 12.1 Å². The van der Waals surface area contributed by atoms with Gasteiger partial charge in [0.1, 0.15) is 24.4 Å². The number of non-ortho nitro benzene ring substituents is 1. The molecule has 0 amide bonds. The third-order valence-corrected chi connectivity index (χ3v) is 3.46. The maximum Gasteiger partial charge on any atom is 0.269 e. The van der Waals surface area contributed by atoms with Crippen LogP contribution in [0, 0.1) is 10.1 Å². The molecule has 0 saturated carbocycles. The molecule has 0 radical (unpaired) electrons. The number of benzene rings is 1. The molecule has 1 fully saturated rings. The highest BCUT2D eigenvalue weighted by molar-refractivity contribution is 5.35. The summed E-state index contributed by atoms with van der Waals surface area (Å²) in [6.45, 7) is -0.694. The van der Waals surface area contributed by atoms with Crippen molar-refractivity contribution in [3.05, 3.63) is 39.9 Å². The van der Waals surface area contributed by atoms with Crippen LogP contribution >= 0.6 is 0 Å². The summed E-state index contributed by atoms with van der Waals surface area (Å²) in [6, 6.07) is 4.49. The van der Waals surface area contributed by atoms with Crippen LogP contribution in [0.5, 0.6) is 0 Å². The number of hydrogen-bond donors (Lipinski definition) is 5. The molecule has 9 nitrogen and oxygen atoms in total. The van der Waals surface area contributed by atoms with Gasteiger partial charge in [0, 0.05) is 17.7 Å². The maximum absolute atomic E-state index is 10.6. The molecular weight excluding hydrogens is 286 g/mol. The van der Waals surface area contributed by atoms with Gasteiger partial charge >= 0.3 is 0 Å². The molecule has 0 aliphatic carbocycles. The van der Waals surface area contributed by atoms with E-state index in [-0.39, 0.29) is 11.3 Å². The topological polar surface area (TPSA) is 154 Å². The number of nitro benzene ring substituents is 1. The number of ether oxygens (including phenoxy) is 1. The van der Waals surface area contributed by atoms with E-state index in [1.54, 1.807) is 0 Å². The van der Waals surface area contributed by atoms with Crippen molar-refractivity contribution in [3.8, 4) is 0 Å². The molecule has 5 N–H and O–H groups in total. The average Bonchev–Trinajstić information content (AvgIpc) is 2.49. The quantitative estimate of drug-likeness (QED) is 0.324. The Morgan fingerprint density at radius 2 is 1.76 bits per heavy atom. The van der Waals surface area contributed by atoms with Crippen molar-refractivity contribution in [1.29, 1.82) is 0 Å². The first-order chi connectivity index (χ1) is 9.81. The number of nitro groups is 1. The van der Waals surface area contributed by atoms with Gasteiger partial charge in [0.2, 0.25) is 5.79 Å². The van der Waals surface area contributed by atoms with Crippen molar-refractivity contribution in [2.75, 3.05) is 6.61 Å². The Bertz CT molecular complexity index is 518. The van der Waals surface area contributed by atoms with Crippen molar-refractivity contribution in [3.63, 3.8) is 0 Å². The predicted molar refractivity (Wildman–Crippen MR) is 67.0 cm³/mol. The van der Waals surface area contributed by atoms with Crippen molar-refractivity contribution < 1.29 is 35.2 Å². The van der Waals surface area contributed by atoms with Crippen LogP contribution < -0.4 is 0 Å². The van der Waals surface area contributed by atoms with E-state index in [0.717, 1.165) is 24.3 Å². The lowest BCUT2D eigenvalue weighted by Crippen LogP contribution is -2.63. The van der Waals surface area contributed by atoms with Crippen LogP contribution in [-0.4, -0.2) is 61.5 Å². The second kappa shape index (κ2) is 5.64. The number of hydrogen-bond acceptors (Lipinski definition) is 8. The average molecular weight is 301 g/mol. The molecular formula is C12H15NO8. The minimum absolute atomic E-state index is 0.0509. The third kappa shape index (κ3) is 2.62.